The summed E-state index contributed by atoms with van der Waals surface area (Å²) in [5.74, 6) is 0.0656. The van der Waals surface area contributed by atoms with Crippen molar-refractivity contribution in [3.05, 3.63) is 0 Å². The van der Waals surface area contributed by atoms with Crippen LogP contribution in [0.3, 0.4) is 0 Å². The van der Waals surface area contributed by atoms with Crippen LogP contribution in [0.5, 0.6) is 0 Å². The van der Waals surface area contributed by atoms with Crippen LogP contribution < -0.4 is 10.2 Å². The number of hydrogen-bond donors (Lipinski definition) is 3. The molecule has 0 aromatic heterocycles. The third kappa shape index (κ3) is 4.46. The number of quaternary nitrogens is 2. The van der Waals surface area contributed by atoms with Gasteiger partial charge in [-0.25, -0.2) is 8.42 Å². The lowest BCUT2D eigenvalue weighted by Crippen LogP contribution is -3.06. The molecule has 0 unspecified atom stereocenters. The molecule has 1 rings (SSSR count). The molecule has 0 spiro atoms. The molecule has 15 heavy (non-hydrogen) atoms. The molecule has 0 bridgehead atoms. The fourth-order valence-electron chi connectivity index (χ4n) is 1.87. The number of nitrogens with two attached hydrogens (primary N) is 1. The van der Waals surface area contributed by atoms with Crippen LogP contribution in [0.2, 0.25) is 0 Å². The normalized spacial score (nSPS) is 29.9. The van der Waals surface area contributed by atoms with Crippen molar-refractivity contribution in [3.63, 3.8) is 0 Å². The number of rotatable bonds is 5. The largest absolute Gasteiger partial charge is 0.386 e. The van der Waals surface area contributed by atoms with Gasteiger partial charge in [0.1, 0.15) is 17.9 Å². The van der Waals surface area contributed by atoms with Gasteiger partial charge in [0.15, 0.2) is 9.84 Å². The Kier molecular flexibility index (Phi) is 4.51. The first-order chi connectivity index (χ1) is 6.91. The standard InChI is InChI=1S/C9H20N2O3S/c1-11(2)5-3-4-10-8-6-15(13,14)7-9(8)12/h8-10,12H,3-7H2,1-2H3/p+2/t8-,9-/m1/s1. The maximum Gasteiger partial charge on any atom is 0.159 e. The molecule has 0 saturated carbocycles. The zero-order valence-electron chi connectivity index (χ0n) is 9.44. The molecule has 0 aromatic rings. The van der Waals surface area contributed by atoms with Crippen molar-refractivity contribution in [2.24, 2.45) is 0 Å². The van der Waals surface area contributed by atoms with Gasteiger partial charge in [-0.2, -0.15) is 0 Å². The third-order valence-electron chi connectivity index (χ3n) is 2.72. The van der Waals surface area contributed by atoms with Gasteiger partial charge in [-0.15, -0.1) is 0 Å². The van der Waals surface area contributed by atoms with Crippen LogP contribution in [0.1, 0.15) is 6.42 Å². The van der Waals surface area contributed by atoms with E-state index < -0.39 is 15.9 Å². The Morgan fingerprint density at radius 1 is 1.40 bits per heavy atom. The van der Waals surface area contributed by atoms with Crippen molar-refractivity contribution >= 4 is 9.84 Å². The molecule has 0 aromatic carbocycles. The Hall–Kier alpha value is -0.170. The van der Waals surface area contributed by atoms with Gasteiger partial charge < -0.3 is 15.3 Å². The highest BCUT2D eigenvalue weighted by molar-refractivity contribution is 7.91. The number of sulfone groups is 1. The van der Waals surface area contributed by atoms with E-state index in [9.17, 15) is 13.5 Å². The molecular weight excluding hydrogens is 216 g/mol. The average molecular weight is 238 g/mol. The van der Waals surface area contributed by atoms with E-state index in [4.69, 9.17) is 0 Å². The van der Waals surface area contributed by atoms with E-state index in [2.05, 4.69) is 14.1 Å². The Balaban J connectivity index is 2.23. The molecule has 1 aliphatic heterocycles. The zero-order valence-corrected chi connectivity index (χ0v) is 10.3. The summed E-state index contributed by atoms with van der Waals surface area (Å²) >= 11 is 0. The molecule has 0 amide bonds. The van der Waals surface area contributed by atoms with E-state index in [1.54, 1.807) is 0 Å². The number of hydrogen-bond acceptors (Lipinski definition) is 3. The van der Waals surface area contributed by atoms with Crippen LogP contribution in [-0.4, -0.2) is 64.4 Å². The molecular formula is C9H22N2O3S+2. The van der Waals surface area contributed by atoms with Crippen LogP contribution in [0, 0.1) is 0 Å². The van der Waals surface area contributed by atoms with Crippen LogP contribution >= 0.6 is 0 Å². The lowest BCUT2D eigenvalue weighted by molar-refractivity contribution is -0.860. The minimum absolute atomic E-state index is 0.0624. The summed E-state index contributed by atoms with van der Waals surface area (Å²) in [6, 6.07) is -0.146. The molecule has 1 saturated heterocycles. The minimum atomic E-state index is -2.98. The highest BCUT2D eigenvalue weighted by Gasteiger charge is 2.38. The van der Waals surface area contributed by atoms with Crippen LogP contribution in [0.4, 0.5) is 0 Å². The molecule has 1 aliphatic rings. The van der Waals surface area contributed by atoms with Gasteiger partial charge in [-0.3, -0.25) is 0 Å². The SMILES string of the molecule is C[NH+](C)CCC[NH2+][C@@H]1CS(=O)(=O)C[C@H]1O. The number of nitrogens with one attached hydrogen (secondary N) is 1. The lowest BCUT2D eigenvalue weighted by Gasteiger charge is -2.12. The smallest absolute Gasteiger partial charge is 0.159 e. The molecule has 6 heteroatoms. The fraction of sp³-hybridized carbons (Fsp3) is 1.00. The Labute approximate surface area is 91.4 Å². The van der Waals surface area contributed by atoms with Crippen molar-refractivity contribution in [3.8, 4) is 0 Å². The Bertz CT molecular complexity index is 290. The predicted molar refractivity (Wildman–Crippen MR) is 57.5 cm³/mol. The van der Waals surface area contributed by atoms with Crippen molar-refractivity contribution < 1.29 is 23.7 Å². The van der Waals surface area contributed by atoms with Gasteiger partial charge in [-0.1, -0.05) is 0 Å². The maximum atomic E-state index is 11.2. The molecule has 1 heterocycles. The predicted octanol–water partition coefficient (Wildman–Crippen LogP) is -3.76. The van der Waals surface area contributed by atoms with Crippen molar-refractivity contribution in [2.45, 2.75) is 18.6 Å². The van der Waals surface area contributed by atoms with Gasteiger partial charge in [0.05, 0.1) is 32.9 Å². The first-order valence-electron chi connectivity index (χ1n) is 5.41. The Morgan fingerprint density at radius 2 is 2.07 bits per heavy atom. The summed E-state index contributed by atoms with van der Waals surface area (Å²) in [6.07, 6.45) is 0.368. The van der Waals surface area contributed by atoms with Crippen molar-refractivity contribution in [2.75, 3.05) is 38.7 Å². The second kappa shape index (κ2) is 5.25. The van der Waals surface area contributed by atoms with E-state index in [-0.39, 0.29) is 17.5 Å². The summed E-state index contributed by atoms with van der Waals surface area (Å²) in [6.45, 7) is 1.97. The monoisotopic (exact) mass is 238 g/mol. The highest BCUT2D eigenvalue weighted by atomic mass is 32.2. The topological polar surface area (TPSA) is 75.4 Å². The maximum absolute atomic E-state index is 11.2. The molecule has 0 aliphatic carbocycles. The van der Waals surface area contributed by atoms with Gasteiger partial charge in [0.25, 0.3) is 0 Å². The molecule has 0 radical (unpaired) electrons. The minimum Gasteiger partial charge on any atom is -0.386 e. The fourth-order valence-corrected chi connectivity index (χ4v) is 3.72. The van der Waals surface area contributed by atoms with E-state index in [0.29, 0.717) is 0 Å². The highest BCUT2D eigenvalue weighted by Crippen LogP contribution is 2.08. The molecule has 90 valence electrons. The first kappa shape index (κ1) is 12.9. The van der Waals surface area contributed by atoms with E-state index >= 15 is 0 Å². The molecule has 4 N–H and O–H groups in total. The second-order valence-electron chi connectivity index (χ2n) is 4.64. The number of aliphatic hydroxyl groups excluding tert-OH is 1. The van der Waals surface area contributed by atoms with Gasteiger partial charge >= 0.3 is 0 Å². The first-order valence-corrected chi connectivity index (χ1v) is 7.24. The van der Waals surface area contributed by atoms with Gasteiger partial charge in [0, 0.05) is 6.42 Å². The van der Waals surface area contributed by atoms with Crippen LogP contribution in [0.25, 0.3) is 0 Å². The Morgan fingerprint density at radius 3 is 2.53 bits per heavy atom. The summed E-state index contributed by atoms with van der Waals surface area (Å²) in [4.78, 5) is 1.39. The van der Waals surface area contributed by atoms with Gasteiger partial charge in [0.2, 0.25) is 0 Å². The average Bonchev–Trinajstić information content (AvgIpc) is 2.33. The summed E-state index contributed by atoms with van der Waals surface area (Å²) in [5, 5.41) is 11.5. The number of aliphatic hydroxyl groups is 1. The van der Waals surface area contributed by atoms with Crippen LogP contribution in [-0.2, 0) is 9.84 Å². The zero-order chi connectivity index (χ0) is 11.5. The van der Waals surface area contributed by atoms with Crippen LogP contribution in [0.15, 0.2) is 0 Å². The molecule has 1 fully saturated rings. The summed E-state index contributed by atoms with van der Waals surface area (Å²) in [7, 11) is 1.20. The molecule has 5 nitrogen and oxygen atoms in total. The third-order valence-corrected chi connectivity index (χ3v) is 4.46. The van der Waals surface area contributed by atoms with Crippen molar-refractivity contribution in [1.29, 1.82) is 0 Å². The summed E-state index contributed by atoms with van der Waals surface area (Å²) in [5.41, 5.74) is 0. The second-order valence-corrected chi connectivity index (χ2v) is 6.80. The van der Waals surface area contributed by atoms with E-state index in [0.717, 1.165) is 19.5 Å². The van der Waals surface area contributed by atoms with E-state index in [1.165, 1.54) is 4.90 Å². The lowest BCUT2D eigenvalue weighted by atomic mass is 10.2. The van der Waals surface area contributed by atoms with Gasteiger partial charge in [-0.05, 0) is 0 Å². The van der Waals surface area contributed by atoms with Crippen molar-refractivity contribution in [1.82, 2.24) is 0 Å². The quantitative estimate of drug-likeness (QED) is 0.431. The summed E-state index contributed by atoms with van der Waals surface area (Å²) < 4.78 is 22.4. The molecule has 2 atom stereocenters. The van der Waals surface area contributed by atoms with E-state index in [1.807, 2.05) is 5.32 Å².